The Morgan fingerprint density at radius 1 is 1.33 bits per heavy atom. The summed E-state index contributed by atoms with van der Waals surface area (Å²) in [6.45, 7) is -5.11. The van der Waals surface area contributed by atoms with Gasteiger partial charge >= 0.3 is 58.4 Å². The minimum atomic E-state index is -5.11. The molecule has 0 spiro atoms. The van der Waals surface area contributed by atoms with E-state index in [1.165, 1.54) is 6.07 Å². The van der Waals surface area contributed by atoms with Gasteiger partial charge in [-0.3, -0.25) is 0 Å². The van der Waals surface area contributed by atoms with Gasteiger partial charge in [0, 0.05) is 5.66 Å². The van der Waals surface area contributed by atoms with Gasteiger partial charge in [-0.25, -0.2) is 0 Å². The monoisotopic (exact) mass is 199 g/mol. The van der Waals surface area contributed by atoms with Crippen LogP contribution in [0.15, 0.2) is 16.5 Å². The van der Waals surface area contributed by atoms with E-state index in [0.717, 1.165) is 12.1 Å². The van der Waals surface area contributed by atoms with Crippen molar-refractivity contribution >= 4 is 12.6 Å². The van der Waals surface area contributed by atoms with Crippen LogP contribution in [-0.4, -0.2) is 6.98 Å². The minimum absolute atomic E-state index is 0. The van der Waals surface area contributed by atoms with E-state index in [1.54, 1.807) is 0 Å². The van der Waals surface area contributed by atoms with Crippen molar-refractivity contribution in [1.29, 1.82) is 5.26 Å². The molecule has 0 radical (unpaired) electrons. The summed E-state index contributed by atoms with van der Waals surface area (Å²) < 4.78 is 39.5. The van der Waals surface area contributed by atoms with Crippen molar-refractivity contribution in [3.63, 3.8) is 0 Å². The Balaban J connectivity index is 0.00000121. The Morgan fingerprint density at radius 2 is 1.92 bits per heavy atom. The number of nitrogens with zero attached hydrogens (tertiary/aromatic N) is 1. The number of halogens is 3. The van der Waals surface area contributed by atoms with E-state index in [0.29, 0.717) is 0 Å². The molecule has 58 valence electrons. The Hall–Kier alpha value is 0.261. The van der Waals surface area contributed by atoms with Crippen LogP contribution < -0.4 is 57.0 Å². The molecule has 0 N–H and O–H groups in total. The molecule has 0 aliphatic carbocycles. The molecule has 0 aliphatic rings. The first-order chi connectivity index (χ1) is 5.04. The maximum absolute atomic E-state index is 11.8. The van der Waals surface area contributed by atoms with Crippen molar-refractivity contribution in [2.75, 3.05) is 0 Å². The topological polar surface area (TPSA) is 36.9 Å². The minimum Gasteiger partial charge on any atom is -0.483 e. The van der Waals surface area contributed by atoms with E-state index < -0.39 is 12.6 Å². The Kier molecular flexibility index (Phi) is 4.58. The number of rotatable bonds is 1. The number of nitriles is 1. The summed E-state index contributed by atoms with van der Waals surface area (Å²) in [5.41, 5.74) is -1.08. The van der Waals surface area contributed by atoms with Gasteiger partial charge < -0.3 is 17.4 Å². The van der Waals surface area contributed by atoms with Crippen LogP contribution in [0.25, 0.3) is 0 Å². The van der Waals surface area contributed by atoms with Crippen molar-refractivity contribution in [1.82, 2.24) is 0 Å². The molecule has 0 saturated carbocycles. The van der Waals surface area contributed by atoms with E-state index >= 15 is 0 Å². The van der Waals surface area contributed by atoms with Gasteiger partial charge in [0.15, 0.2) is 5.76 Å². The zero-order chi connectivity index (χ0) is 8.48. The Labute approximate surface area is 109 Å². The zero-order valence-electron chi connectivity index (χ0n) is 6.22. The molecule has 0 saturated heterocycles. The van der Waals surface area contributed by atoms with Crippen molar-refractivity contribution in [3.8, 4) is 6.07 Å². The Bertz CT molecular complexity index is 302. The van der Waals surface area contributed by atoms with E-state index in [1.807, 2.05) is 0 Å². The van der Waals surface area contributed by atoms with Gasteiger partial charge in [-0.05, 0) is 6.07 Å². The van der Waals surface area contributed by atoms with Crippen LogP contribution >= 0.6 is 0 Å². The average molecular weight is 199 g/mol. The molecular formula is C5H2BF3KNO. The third kappa shape index (κ3) is 2.95. The molecular weight excluding hydrogens is 197 g/mol. The van der Waals surface area contributed by atoms with E-state index in [-0.39, 0.29) is 57.1 Å². The molecule has 1 aromatic rings. The van der Waals surface area contributed by atoms with Crippen molar-refractivity contribution in [3.05, 3.63) is 17.9 Å². The van der Waals surface area contributed by atoms with Crippen molar-refractivity contribution in [2.24, 2.45) is 0 Å². The van der Waals surface area contributed by atoms with Crippen LogP contribution in [0, 0.1) is 11.3 Å². The van der Waals surface area contributed by atoms with Gasteiger partial charge in [-0.1, -0.05) is 6.07 Å². The molecule has 1 aromatic heterocycles. The van der Waals surface area contributed by atoms with Gasteiger partial charge in [-0.2, -0.15) is 5.26 Å². The molecule has 0 amide bonds. The average Bonchev–Trinajstić information content (AvgIpc) is 2.32. The standard InChI is InChI=1S/C5H2BF3NO.K/c7-6(8,9)5-2-1-4(3-10)11-5;/h1-2H;/q-1;+1. The molecule has 0 aliphatic heterocycles. The number of hydrogen-bond acceptors (Lipinski definition) is 2. The molecule has 0 bridgehead atoms. The molecule has 1 heterocycles. The molecule has 2 nitrogen and oxygen atoms in total. The second-order valence-electron chi connectivity index (χ2n) is 1.89. The van der Waals surface area contributed by atoms with Gasteiger partial charge in [0.2, 0.25) is 0 Å². The molecule has 7 heteroatoms. The summed E-state index contributed by atoms with van der Waals surface area (Å²) >= 11 is 0. The summed E-state index contributed by atoms with van der Waals surface area (Å²) in [5, 5.41) is 8.11. The predicted molar refractivity (Wildman–Crippen MR) is 32.1 cm³/mol. The smallest absolute Gasteiger partial charge is 0.483 e. The molecule has 0 fully saturated rings. The van der Waals surface area contributed by atoms with E-state index in [2.05, 4.69) is 4.42 Å². The maximum Gasteiger partial charge on any atom is 1.00 e. The SMILES string of the molecule is N#Cc1ccc([B-](F)(F)F)o1.[K+]. The van der Waals surface area contributed by atoms with Crippen LogP contribution in [0.5, 0.6) is 0 Å². The fourth-order valence-corrected chi connectivity index (χ4v) is 0.589. The fraction of sp³-hybridized carbons (Fsp3) is 0. The summed E-state index contributed by atoms with van der Waals surface area (Å²) in [6, 6.07) is 3.20. The van der Waals surface area contributed by atoms with Crippen LogP contribution in [0.4, 0.5) is 12.9 Å². The summed E-state index contributed by atoms with van der Waals surface area (Å²) in [7, 11) is 0. The fourth-order valence-electron chi connectivity index (χ4n) is 0.589. The van der Waals surface area contributed by atoms with Crippen LogP contribution in [0.1, 0.15) is 5.76 Å². The van der Waals surface area contributed by atoms with Gasteiger partial charge in [0.25, 0.3) is 0 Å². The van der Waals surface area contributed by atoms with Crippen molar-refractivity contribution < 1.29 is 68.7 Å². The third-order valence-corrected chi connectivity index (χ3v) is 1.06. The molecule has 0 atom stereocenters. The van der Waals surface area contributed by atoms with Gasteiger partial charge in [-0.15, -0.1) is 0 Å². The predicted octanol–water partition coefficient (Wildman–Crippen LogP) is -1.79. The Morgan fingerprint density at radius 3 is 2.17 bits per heavy atom. The van der Waals surface area contributed by atoms with Crippen molar-refractivity contribution in [2.45, 2.75) is 0 Å². The molecule has 0 unspecified atom stereocenters. The van der Waals surface area contributed by atoms with E-state index in [4.69, 9.17) is 5.26 Å². The second-order valence-corrected chi connectivity index (χ2v) is 1.89. The van der Waals surface area contributed by atoms with Crippen LogP contribution in [-0.2, 0) is 0 Å². The second kappa shape index (κ2) is 4.48. The number of furan rings is 1. The molecule has 1 rings (SSSR count). The first-order valence-corrected chi connectivity index (χ1v) is 2.74. The van der Waals surface area contributed by atoms with Gasteiger partial charge in [0.05, 0.1) is 0 Å². The van der Waals surface area contributed by atoms with Gasteiger partial charge in [0.1, 0.15) is 6.07 Å². The molecule has 0 aromatic carbocycles. The maximum atomic E-state index is 11.8. The van der Waals surface area contributed by atoms with Crippen LogP contribution in [0.3, 0.4) is 0 Å². The third-order valence-electron chi connectivity index (χ3n) is 1.06. The first-order valence-electron chi connectivity index (χ1n) is 2.74. The van der Waals surface area contributed by atoms with E-state index in [9.17, 15) is 12.9 Å². The normalized spacial score (nSPS) is 10.2. The summed E-state index contributed by atoms with van der Waals surface area (Å²) in [5.74, 6) is -0.320. The summed E-state index contributed by atoms with van der Waals surface area (Å²) in [4.78, 5) is 0. The first kappa shape index (κ1) is 12.3. The summed E-state index contributed by atoms with van der Waals surface area (Å²) in [6.07, 6.45) is 0. The largest absolute Gasteiger partial charge is 1.00 e. The zero-order valence-corrected chi connectivity index (χ0v) is 9.34. The van der Waals surface area contributed by atoms with Crippen LogP contribution in [0.2, 0.25) is 0 Å². The number of hydrogen-bond donors (Lipinski definition) is 0. The quantitative estimate of drug-likeness (QED) is 0.501. The molecule has 12 heavy (non-hydrogen) atoms.